The second-order valence-corrected chi connectivity index (χ2v) is 5.59. The van der Waals surface area contributed by atoms with Crippen LogP contribution in [0.15, 0.2) is 0 Å². The molecule has 1 unspecified atom stereocenters. The molecule has 2 fully saturated rings. The van der Waals surface area contributed by atoms with Gasteiger partial charge in [-0.3, -0.25) is 9.59 Å². The zero-order valence-electron chi connectivity index (χ0n) is 11.8. The zero-order valence-corrected chi connectivity index (χ0v) is 11.8. The van der Waals surface area contributed by atoms with Crippen molar-refractivity contribution >= 4 is 11.8 Å². The van der Waals surface area contributed by atoms with Crippen LogP contribution in [0.5, 0.6) is 0 Å². The molecule has 108 valence electrons. The van der Waals surface area contributed by atoms with Gasteiger partial charge < -0.3 is 15.5 Å². The van der Waals surface area contributed by atoms with Gasteiger partial charge in [0, 0.05) is 13.1 Å². The Labute approximate surface area is 115 Å². The summed E-state index contributed by atoms with van der Waals surface area (Å²) >= 11 is 0. The standard InChI is InChI=1S/C14H25N3O2/c1-2-14(7-6-8-16-14)13(19)15-11-12(18)17-9-4-3-5-10-17/h16H,2-11H2,1H3,(H,15,19). The summed E-state index contributed by atoms with van der Waals surface area (Å²) in [5, 5.41) is 6.11. The predicted octanol–water partition coefficient (Wildman–Crippen LogP) is 0.647. The molecule has 0 aromatic heterocycles. The number of likely N-dealkylation sites (tertiary alicyclic amines) is 1. The van der Waals surface area contributed by atoms with Crippen LogP contribution in [0.2, 0.25) is 0 Å². The molecule has 0 aromatic carbocycles. The molecule has 0 spiro atoms. The Morgan fingerprint density at radius 1 is 1.21 bits per heavy atom. The molecule has 2 heterocycles. The summed E-state index contributed by atoms with van der Waals surface area (Å²) in [6.07, 6.45) is 6.05. The first-order valence-electron chi connectivity index (χ1n) is 7.49. The summed E-state index contributed by atoms with van der Waals surface area (Å²) in [4.78, 5) is 26.1. The van der Waals surface area contributed by atoms with Gasteiger partial charge in [-0.1, -0.05) is 6.92 Å². The summed E-state index contributed by atoms with van der Waals surface area (Å²) in [5.74, 6) is 0.0372. The van der Waals surface area contributed by atoms with Crippen molar-refractivity contribution in [1.82, 2.24) is 15.5 Å². The largest absolute Gasteiger partial charge is 0.345 e. The molecular weight excluding hydrogens is 242 g/mol. The van der Waals surface area contributed by atoms with Gasteiger partial charge in [0.15, 0.2) is 0 Å². The maximum atomic E-state index is 12.2. The molecule has 0 aliphatic carbocycles. The van der Waals surface area contributed by atoms with Crippen molar-refractivity contribution in [3.63, 3.8) is 0 Å². The van der Waals surface area contributed by atoms with Crippen molar-refractivity contribution in [2.24, 2.45) is 0 Å². The molecule has 0 saturated carbocycles. The molecule has 19 heavy (non-hydrogen) atoms. The fourth-order valence-electron chi connectivity index (χ4n) is 3.04. The average molecular weight is 267 g/mol. The first-order valence-corrected chi connectivity index (χ1v) is 7.49. The molecule has 2 aliphatic heterocycles. The van der Waals surface area contributed by atoms with Crippen LogP contribution in [0, 0.1) is 0 Å². The van der Waals surface area contributed by atoms with Gasteiger partial charge in [-0.2, -0.15) is 0 Å². The molecule has 0 bridgehead atoms. The molecule has 2 aliphatic rings. The number of rotatable bonds is 4. The van der Waals surface area contributed by atoms with Crippen LogP contribution in [-0.2, 0) is 9.59 Å². The molecule has 2 N–H and O–H groups in total. The molecule has 5 heteroatoms. The van der Waals surface area contributed by atoms with Crippen molar-refractivity contribution in [3.05, 3.63) is 0 Å². The van der Waals surface area contributed by atoms with E-state index in [1.807, 2.05) is 11.8 Å². The van der Waals surface area contributed by atoms with Crippen molar-refractivity contribution in [1.29, 1.82) is 0 Å². The lowest BCUT2D eigenvalue weighted by Gasteiger charge is -2.29. The Bertz CT molecular complexity index is 332. The van der Waals surface area contributed by atoms with Gasteiger partial charge in [0.1, 0.15) is 0 Å². The van der Waals surface area contributed by atoms with Crippen molar-refractivity contribution in [3.8, 4) is 0 Å². The molecule has 5 nitrogen and oxygen atoms in total. The number of hydrogen-bond acceptors (Lipinski definition) is 3. The number of piperidine rings is 1. The Hall–Kier alpha value is -1.10. The summed E-state index contributed by atoms with van der Waals surface area (Å²) in [7, 11) is 0. The monoisotopic (exact) mass is 267 g/mol. The van der Waals surface area contributed by atoms with Crippen molar-refractivity contribution < 1.29 is 9.59 Å². The second kappa shape index (κ2) is 6.37. The van der Waals surface area contributed by atoms with E-state index < -0.39 is 5.54 Å². The molecule has 0 aromatic rings. The van der Waals surface area contributed by atoms with E-state index in [1.165, 1.54) is 6.42 Å². The first-order chi connectivity index (χ1) is 9.18. The van der Waals surface area contributed by atoms with E-state index in [0.717, 1.165) is 51.7 Å². The van der Waals surface area contributed by atoms with E-state index in [4.69, 9.17) is 0 Å². The van der Waals surface area contributed by atoms with Crippen molar-refractivity contribution in [2.75, 3.05) is 26.2 Å². The molecule has 2 rings (SSSR count). The highest BCUT2D eigenvalue weighted by molar-refractivity contribution is 5.90. The Balaban J connectivity index is 1.80. The van der Waals surface area contributed by atoms with E-state index in [0.29, 0.717) is 0 Å². The highest BCUT2D eigenvalue weighted by Gasteiger charge is 2.39. The minimum Gasteiger partial charge on any atom is -0.345 e. The third kappa shape index (κ3) is 3.26. The van der Waals surface area contributed by atoms with E-state index >= 15 is 0 Å². The van der Waals surface area contributed by atoms with Gasteiger partial charge in [-0.15, -0.1) is 0 Å². The van der Waals surface area contributed by atoms with E-state index in [-0.39, 0.29) is 18.4 Å². The van der Waals surface area contributed by atoms with Crippen molar-refractivity contribution in [2.45, 2.75) is 51.0 Å². The molecule has 2 saturated heterocycles. The number of amides is 2. The normalized spacial score (nSPS) is 27.3. The third-order valence-electron chi connectivity index (χ3n) is 4.39. The first kappa shape index (κ1) is 14.3. The van der Waals surface area contributed by atoms with E-state index in [2.05, 4.69) is 10.6 Å². The minimum atomic E-state index is -0.442. The van der Waals surface area contributed by atoms with Crippen LogP contribution >= 0.6 is 0 Å². The fraction of sp³-hybridized carbons (Fsp3) is 0.857. The van der Waals surface area contributed by atoms with Gasteiger partial charge in [0.25, 0.3) is 0 Å². The number of hydrogen-bond donors (Lipinski definition) is 2. The van der Waals surface area contributed by atoms with Gasteiger partial charge >= 0.3 is 0 Å². The third-order valence-corrected chi connectivity index (χ3v) is 4.39. The SMILES string of the molecule is CCC1(C(=O)NCC(=O)N2CCCCC2)CCCN1. The van der Waals surface area contributed by atoms with E-state index in [1.54, 1.807) is 0 Å². The predicted molar refractivity (Wildman–Crippen MR) is 73.7 cm³/mol. The van der Waals surface area contributed by atoms with Gasteiger partial charge in [0.2, 0.25) is 11.8 Å². The molecule has 1 atom stereocenters. The lowest BCUT2D eigenvalue weighted by atomic mass is 9.93. The highest BCUT2D eigenvalue weighted by Crippen LogP contribution is 2.22. The quantitative estimate of drug-likeness (QED) is 0.786. The zero-order chi connectivity index (χ0) is 13.7. The van der Waals surface area contributed by atoms with Crippen LogP contribution < -0.4 is 10.6 Å². The smallest absolute Gasteiger partial charge is 0.241 e. The molecular formula is C14H25N3O2. The highest BCUT2D eigenvalue weighted by atomic mass is 16.2. The molecule has 0 radical (unpaired) electrons. The lowest BCUT2D eigenvalue weighted by molar-refractivity contribution is -0.135. The number of carbonyl (C=O) groups is 2. The summed E-state index contributed by atoms with van der Waals surface area (Å²) in [6, 6.07) is 0. The Morgan fingerprint density at radius 2 is 1.95 bits per heavy atom. The Morgan fingerprint density at radius 3 is 2.53 bits per heavy atom. The number of carbonyl (C=O) groups excluding carboxylic acids is 2. The second-order valence-electron chi connectivity index (χ2n) is 5.59. The summed E-state index contributed by atoms with van der Waals surface area (Å²) in [6.45, 7) is 4.73. The van der Waals surface area contributed by atoms with Crippen LogP contribution in [0.25, 0.3) is 0 Å². The van der Waals surface area contributed by atoms with Gasteiger partial charge in [-0.05, 0) is 45.1 Å². The minimum absolute atomic E-state index is 0.0159. The number of nitrogens with zero attached hydrogens (tertiary/aromatic N) is 1. The van der Waals surface area contributed by atoms with Crippen LogP contribution in [-0.4, -0.2) is 48.4 Å². The maximum Gasteiger partial charge on any atom is 0.241 e. The van der Waals surface area contributed by atoms with Crippen LogP contribution in [0.1, 0.15) is 45.4 Å². The fourth-order valence-corrected chi connectivity index (χ4v) is 3.04. The topological polar surface area (TPSA) is 61.4 Å². The Kier molecular flexibility index (Phi) is 4.80. The molecule has 2 amide bonds. The van der Waals surface area contributed by atoms with Crippen LogP contribution in [0.4, 0.5) is 0 Å². The average Bonchev–Trinajstić information content (AvgIpc) is 2.95. The van der Waals surface area contributed by atoms with E-state index in [9.17, 15) is 9.59 Å². The van der Waals surface area contributed by atoms with Gasteiger partial charge in [-0.25, -0.2) is 0 Å². The maximum absolute atomic E-state index is 12.2. The lowest BCUT2D eigenvalue weighted by Crippen LogP contribution is -2.55. The van der Waals surface area contributed by atoms with Crippen LogP contribution in [0.3, 0.4) is 0 Å². The van der Waals surface area contributed by atoms with Gasteiger partial charge in [0.05, 0.1) is 12.1 Å². The summed E-state index contributed by atoms with van der Waals surface area (Å²) in [5.41, 5.74) is -0.442. The summed E-state index contributed by atoms with van der Waals surface area (Å²) < 4.78 is 0. The number of nitrogens with one attached hydrogen (secondary N) is 2.